The first-order chi connectivity index (χ1) is 9.88. The lowest BCUT2D eigenvalue weighted by atomic mass is 9.97. The fourth-order valence-electron chi connectivity index (χ4n) is 3.19. The molecule has 0 bridgehead atoms. The van der Waals surface area contributed by atoms with E-state index in [1.54, 1.807) is 0 Å². The first-order valence-electron chi connectivity index (χ1n) is 7.75. The number of aliphatic carboxylic acids is 1. The van der Waals surface area contributed by atoms with Crippen LogP contribution < -0.4 is 5.32 Å². The number of rotatable bonds is 7. The van der Waals surface area contributed by atoms with Gasteiger partial charge < -0.3 is 10.4 Å². The molecule has 1 amide bonds. The van der Waals surface area contributed by atoms with Crippen LogP contribution >= 0.6 is 0 Å². The molecule has 5 nitrogen and oxygen atoms in total. The Morgan fingerprint density at radius 2 is 2.14 bits per heavy atom. The van der Waals surface area contributed by atoms with Gasteiger partial charge in [-0.1, -0.05) is 25.5 Å². The van der Waals surface area contributed by atoms with Gasteiger partial charge in [-0.05, 0) is 32.1 Å². The topological polar surface area (TPSA) is 69.6 Å². The molecule has 2 N–H and O–H groups in total. The summed E-state index contributed by atoms with van der Waals surface area (Å²) in [6, 6.07) is -0.354. The number of allylic oxidation sites excluding steroid dienone is 1. The van der Waals surface area contributed by atoms with Crippen LogP contribution in [0.4, 0.5) is 0 Å². The standard InChI is InChI=1S/C16H28N2O3/c1-5-7-13-8-15(16(20)21)18(9-13)10-14(6-2)11(3)17-12(4)19/h5,7,11,13-15H,6,8-10H2,1-4H3,(H,17,19)(H,20,21)/t11?,13-,14?,15-/m1/s1. The van der Waals surface area contributed by atoms with Gasteiger partial charge in [0.05, 0.1) is 0 Å². The van der Waals surface area contributed by atoms with Crippen molar-refractivity contribution in [2.45, 2.75) is 52.6 Å². The number of nitrogens with zero attached hydrogens (tertiary/aromatic N) is 1. The molecule has 1 fully saturated rings. The summed E-state index contributed by atoms with van der Waals surface area (Å²) in [6.07, 6.45) is 5.67. The van der Waals surface area contributed by atoms with Crippen LogP contribution in [-0.4, -0.2) is 47.1 Å². The molecule has 120 valence electrons. The quantitative estimate of drug-likeness (QED) is 0.704. The molecule has 0 saturated carbocycles. The van der Waals surface area contributed by atoms with Crippen molar-refractivity contribution in [3.63, 3.8) is 0 Å². The lowest BCUT2D eigenvalue weighted by Gasteiger charge is -2.30. The molecule has 4 atom stereocenters. The molecule has 5 heteroatoms. The van der Waals surface area contributed by atoms with E-state index in [0.29, 0.717) is 18.9 Å². The van der Waals surface area contributed by atoms with Crippen LogP contribution in [0.15, 0.2) is 12.2 Å². The number of carbonyl (C=O) groups excluding carboxylic acids is 1. The average Bonchev–Trinajstić information content (AvgIpc) is 2.78. The Morgan fingerprint density at radius 3 is 2.62 bits per heavy atom. The van der Waals surface area contributed by atoms with Crippen molar-refractivity contribution in [2.24, 2.45) is 11.8 Å². The average molecular weight is 296 g/mol. The summed E-state index contributed by atoms with van der Waals surface area (Å²) in [7, 11) is 0. The summed E-state index contributed by atoms with van der Waals surface area (Å²) in [6.45, 7) is 9.05. The third kappa shape index (κ3) is 5.16. The summed E-state index contributed by atoms with van der Waals surface area (Å²) in [5.74, 6) is -0.210. The molecule has 1 heterocycles. The Labute approximate surface area is 127 Å². The van der Waals surface area contributed by atoms with Crippen LogP contribution in [0.5, 0.6) is 0 Å². The number of carbonyl (C=O) groups is 2. The molecule has 0 aromatic heterocycles. The van der Waals surface area contributed by atoms with Crippen LogP contribution in [0.2, 0.25) is 0 Å². The lowest BCUT2D eigenvalue weighted by molar-refractivity contribution is -0.142. The van der Waals surface area contributed by atoms with Gasteiger partial charge in [-0.15, -0.1) is 0 Å². The van der Waals surface area contributed by atoms with Gasteiger partial charge in [0, 0.05) is 26.1 Å². The predicted molar refractivity (Wildman–Crippen MR) is 83.0 cm³/mol. The molecule has 0 aromatic carbocycles. The highest BCUT2D eigenvalue weighted by molar-refractivity contribution is 5.74. The third-order valence-electron chi connectivity index (χ3n) is 4.32. The SMILES string of the molecule is CC=C[C@@H]1C[C@H](C(=O)O)N(CC(CC)C(C)NC(C)=O)C1. The zero-order valence-electron chi connectivity index (χ0n) is 13.5. The number of likely N-dealkylation sites (tertiary alicyclic amines) is 1. The van der Waals surface area contributed by atoms with Crippen molar-refractivity contribution in [2.75, 3.05) is 13.1 Å². The number of amides is 1. The summed E-state index contributed by atoms with van der Waals surface area (Å²) >= 11 is 0. The van der Waals surface area contributed by atoms with E-state index < -0.39 is 12.0 Å². The van der Waals surface area contributed by atoms with Gasteiger partial charge in [-0.25, -0.2) is 0 Å². The van der Waals surface area contributed by atoms with Gasteiger partial charge in [0.1, 0.15) is 6.04 Å². The minimum absolute atomic E-state index is 0.0380. The molecule has 0 radical (unpaired) electrons. The van der Waals surface area contributed by atoms with E-state index in [9.17, 15) is 14.7 Å². The molecule has 1 aliphatic heterocycles. The second kappa shape index (κ2) is 8.17. The Hall–Kier alpha value is -1.36. The van der Waals surface area contributed by atoms with Crippen molar-refractivity contribution in [1.82, 2.24) is 10.2 Å². The number of carboxylic acids is 1. The Kier molecular flexibility index (Phi) is 6.89. The minimum atomic E-state index is -0.746. The number of nitrogens with one attached hydrogen (secondary N) is 1. The van der Waals surface area contributed by atoms with Crippen LogP contribution in [0.25, 0.3) is 0 Å². The van der Waals surface area contributed by atoms with Gasteiger partial charge in [0.2, 0.25) is 5.91 Å². The van der Waals surface area contributed by atoms with E-state index in [2.05, 4.69) is 23.2 Å². The lowest BCUT2D eigenvalue weighted by Crippen LogP contribution is -2.45. The second-order valence-corrected chi connectivity index (χ2v) is 5.99. The fourth-order valence-corrected chi connectivity index (χ4v) is 3.19. The monoisotopic (exact) mass is 296 g/mol. The number of hydrogen-bond acceptors (Lipinski definition) is 3. The number of hydrogen-bond donors (Lipinski definition) is 2. The summed E-state index contributed by atoms with van der Waals surface area (Å²) < 4.78 is 0. The van der Waals surface area contributed by atoms with Crippen molar-refractivity contribution < 1.29 is 14.7 Å². The molecule has 1 saturated heterocycles. The third-order valence-corrected chi connectivity index (χ3v) is 4.32. The van der Waals surface area contributed by atoms with Crippen LogP contribution in [-0.2, 0) is 9.59 Å². The highest BCUT2D eigenvalue weighted by Crippen LogP contribution is 2.26. The van der Waals surface area contributed by atoms with Gasteiger partial charge in [0.25, 0.3) is 0 Å². The van der Waals surface area contributed by atoms with Gasteiger partial charge in [-0.2, -0.15) is 0 Å². The Bertz CT molecular complexity index is 395. The van der Waals surface area contributed by atoms with Crippen LogP contribution in [0.3, 0.4) is 0 Å². The van der Waals surface area contributed by atoms with Crippen LogP contribution in [0, 0.1) is 11.8 Å². The highest BCUT2D eigenvalue weighted by atomic mass is 16.4. The summed E-state index contributed by atoms with van der Waals surface area (Å²) in [4.78, 5) is 24.7. The first-order valence-corrected chi connectivity index (χ1v) is 7.75. The van der Waals surface area contributed by atoms with E-state index in [0.717, 1.165) is 13.0 Å². The Morgan fingerprint density at radius 1 is 1.48 bits per heavy atom. The second-order valence-electron chi connectivity index (χ2n) is 5.99. The molecule has 0 aliphatic carbocycles. The normalized spacial score (nSPS) is 25.9. The maximum Gasteiger partial charge on any atom is 0.320 e. The van der Waals surface area contributed by atoms with E-state index in [4.69, 9.17) is 0 Å². The molecule has 0 aromatic rings. The molecular formula is C16H28N2O3. The van der Waals surface area contributed by atoms with Crippen molar-refractivity contribution in [3.05, 3.63) is 12.2 Å². The first kappa shape index (κ1) is 17.7. The van der Waals surface area contributed by atoms with Gasteiger partial charge in [0.15, 0.2) is 0 Å². The van der Waals surface area contributed by atoms with E-state index >= 15 is 0 Å². The van der Waals surface area contributed by atoms with Crippen molar-refractivity contribution in [1.29, 1.82) is 0 Å². The molecule has 1 aliphatic rings. The maximum atomic E-state index is 11.4. The fraction of sp³-hybridized carbons (Fsp3) is 0.750. The van der Waals surface area contributed by atoms with E-state index in [1.165, 1.54) is 6.92 Å². The minimum Gasteiger partial charge on any atom is -0.480 e. The summed E-state index contributed by atoms with van der Waals surface area (Å²) in [5, 5.41) is 12.3. The van der Waals surface area contributed by atoms with Gasteiger partial charge in [-0.3, -0.25) is 14.5 Å². The van der Waals surface area contributed by atoms with E-state index in [1.807, 2.05) is 19.9 Å². The van der Waals surface area contributed by atoms with Crippen LogP contribution in [0.1, 0.15) is 40.5 Å². The zero-order chi connectivity index (χ0) is 16.0. The highest BCUT2D eigenvalue weighted by Gasteiger charge is 2.37. The molecule has 0 spiro atoms. The molecule has 2 unspecified atom stereocenters. The van der Waals surface area contributed by atoms with Crippen molar-refractivity contribution >= 4 is 11.9 Å². The Balaban J connectivity index is 2.72. The van der Waals surface area contributed by atoms with E-state index in [-0.39, 0.29) is 17.9 Å². The number of carboxylic acid groups (broad SMARTS) is 1. The maximum absolute atomic E-state index is 11.4. The largest absolute Gasteiger partial charge is 0.480 e. The zero-order valence-corrected chi connectivity index (χ0v) is 13.5. The molecule has 1 rings (SSSR count). The molecular weight excluding hydrogens is 268 g/mol. The van der Waals surface area contributed by atoms with Gasteiger partial charge >= 0.3 is 5.97 Å². The smallest absolute Gasteiger partial charge is 0.320 e. The van der Waals surface area contributed by atoms with Crippen molar-refractivity contribution in [3.8, 4) is 0 Å². The predicted octanol–water partition coefficient (Wildman–Crippen LogP) is 1.89. The summed E-state index contributed by atoms with van der Waals surface area (Å²) in [5.41, 5.74) is 0. The molecule has 21 heavy (non-hydrogen) atoms.